The molecule has 1 aromatic carbocycles. The number of benzene rings is 1. The molecule has 0 aliphatic heterocycles. The first-order valence-electron chi connectivity index (χ1n) is 3.81. The summed E-state index contributed by atoms with van der Waals surface area (Å²) < 4.78 is 0. The Kier molecular flexibility index (Phi) is 1.63. The molecule has 0 spiro atoms. The van der Waals surface area contributed by atoms with Crippen LogP contribution in [0.25, 0.3) is 0 Å². The maximum absolute atomic E-state index is 5.86. The van der Waals surface area contributed by atoms with Gasteiger partial charge >= 0.3 is 0 Å². The van der Waals surface area contributed by atoms with Gasteiger partial charge in [-0.05, 0) is 36.1 Å². The Morgan fingerprint density at radius 2 is 2.27 bits per heavy atom. The van der Waals surface area contributed by atoms with E-state index in [0.29, 0.717) is 0 Å². The van der Waals surface area contributed by atoms with Crippen LogP contribution in [0.5, 0.6) is 0 Å². The maximum atomic E-state index is 5.86. The molecule has 2 N–H and O–H groups in total. The molecule has 11 heavy (non-hydrogen) atoms. The molecule has 0 unspecified atom stereocenters. The molecule has 0 bridgehead atoms. The lowest BCUT2D eigenvalue weighted by molar-refractivity contribution is 0.713. The van der Waals surface area contributed by atoms with Gasteiger partial charge in [-0.1, -0.05) is 17.7 Å². The van der Waals surface area contributed by atoms with Crippen LogP contribution in [0, 0.1) is 0 Å². The summed E-state index contributed by atoms with van der Waals surface area (Å²) in [4.78, 5) is 0. The first kappa shape index (κ1) is 7.14. The van der Waals surface area contributed by atoms with Crippen molar-refractivity contribution >= 4 is 11.6 Å². The number of nitrogens with two attached hydrogens (primary N) is 1. The van der Waals surface area contributed by atoms with Gasteiger partial charge in [-0.3, -0.25) is 0 Å². The minimum atomic E-state index is 0.212. The van der Waals surface area contributed by atoms with Gasteiger partial charge in [0.2, 0.25) is 0 Å². The minimum Gasteiger partial charge on any atom is -0.324 e. The number of rotatable bonds is 0. The second-order valence-corrected chi connectivity index (χ2v) is 3.42. The van der Waals surface area contributed by atoms with Crippen molar-refractivity contribution in [2.24, 2.45) is 5.73 Å². The molecule has 0 saturated carbocycles. The van der Waals surface area contributed by atoms with Gasteiger partial charge in [0.15, 0.2) is 0 Å². The summed E-state index contributed by atoms with van der Waals surface area (Å²) in [5.74, 6) is 0. The van der Waals surface area contributed by atoms with Crippen LogP contribution in [0.15, 0.2) is 18.2 Å². The predicted octanol–water partition coefficient (Wildman–Crippen LogP) is 2.29. The number of aryl methyl sites for hydroxylation is 1. The smallest absolute Gasteiger partial charge is 0.0409 e. The zero-order valence-corrected chi connectivity index (χ0v) is 6.93. The van der Waals surface area contributed by atoms with E-state index in [0.717, 1.165) is 17.9 Å². The van der Waals surface area contributed by atoms with E-state index in [2.05, 4.69) is 6.07 Å². The maximum Gasteiger partial charge on any atom is 0.0409 e. The van der Waals surface area contributed by atoms with Crippen molar-refractivity contribution < 1.29 is 0 Å². The molecule has 0 saturated heterocycles. The van der Waals surface area contributed by atoms with Gasteiger partial charge in [0.25, 0.3) is 0 Å². The highest BCUT2D eigenvalue weighted by atomic mass is 35.5. The highest BCUT2D eigenvalue weighted by Crippen LogP contribution is 2.30. The normalized spacial score (nSPS) is 21.8. The van der Waals surface area contributed by atoms with Crippen LogP contribution in [0.4, 0.5) is 0 Å². The van der Waals surface area contributed by atoms with E-state index >= 15 is 0 Å². The van der Waals surface area contributed by atoms with E-state index in [1.807, 2.05) is 12.1 Å². The first-order chi connectivity index (χ1) is 5.27. The second kappa shape index (κ2) is 2.50. The molecule has 2 heteroatoms. The Bertz CT molecular complexity index is 283. The quantitative estimate of drug-likeness (QED) is 0.631. The van der Waals surface area contributed by atoms with Crippen molar-refractivity contribution in [1.29, 1.82) is 0 Å². The van der Waals surface area contributed by atoms with Crippen LogP contribution in [0.2, 0.25) is 5.02 Å². The standard InChI is InChI=1S/C9H10ClN/c10-7-3-1-6-2-4-9(11)8(6)5-7/h1,3,5,9H,2,4,11H2/t9-/m1/s1. The number of fused-ring (bicyclic) bond motifs is 1. The zero-order valence-electron chi connectivity index (χ0n) is 6.18. The molecule has 2 rings (SSSR count). The predicted molar refractivity (Wildman–Crippen MR) is 46.7 cm³/mol. The lowest BCUT2D eigenvalue weighted by Gasteiger charge is -2.03. The Morgan fingerprint density at radius 1 is 1.45 bits per heavy atom. The highest BCUT2D eigenvalue weighted by molar-refractivity contribution is 6.30. The Balaban J connectivity index is 2.52. The van der Waals surface area contributed by atoms with Gasteiger partial charge in [-0.15, -0.1) is 0 Å². The molecule has 1 atom stereocenters. The lowest BCUT2D eigenvalue weighted by atomic mass is 10.1. The molecule has 1 aliphatic carbocycles. The summed E-state index contributed by atoms with van der Waals surface area (Å²) in [6, 6.07) is 6.20. The van der Waals surface area contributed by atoms with E-state index in [1.165, 1.54) is 11.1 Å². The average Bonchev–Trinajstić information content (AvgIpc) is 2.33. The Labute approximate surface area is 71.2 Å². The molecular formula is C9H10ClN. The third-order valence-electron chi connectivity index (χ3n) is 2.23. The lowest BCUT2D eigenvalue weighted by Crippen LogP contribution is -2.04. The average molecular weight is 168 g/mol. The fraction of sp³-hybridized carbons (Fsp3) is 0.333. The van der Waals surface area contributed by atoms with E-state index in [1.54, 1.807) is 0 Å². The van der Waals surface area contributed by atoms with Crippen molar-refractivity contribution in [2.75, 3.05) is 0 Å². The van der Waals surface area contributed by atoms with Gasteiger partial charge in [0.05, 0.1) is 0 Å². The van der Waals surface area contributed by atoms with E-state index in [-0.39, 0.29) is 6.04 Å². The zero-order chi connectivity index (χ0) is 7.84. The van der Waals surface area contributed by atoms with Crippen molar-refractivity contribution in [2.45, 2.75) is 18.9 Å². The molecule has 0 fully saturated rings. The molecule has 0 aromatic heterocycles. The first-order valence-corrected chi connectivity index (χ1v) is 4.19. The van der Waals surface area contributed by atoms with Crippen molar-refractivity contribution in [3.63, 3.8) is 0 Å². The molecule has 0 amide bonds. The molecule has 1 aliphatic rings. The fourth-order valence-corrected chi connectivity index (χ4v) is 1.79. The van der Waals surface area contributed by atoms with Crippen molar-refractivity contribution in [3.8, 4) is 0 Å². The Hall–Kier alpha value is -0.530. The third kappa shape index (κ3) is 1.15. The van der Waals surface area contributed by atoms with E-state index < -0.39 is 0 Å². The van der Waals surface area contributed by atoms with Crippen LogP contribution in [0.1, 0.15) is 23.6 Å². The van der Waals surface area contributed by atoms with Crippen LogP contribution >= 0.6 is 11.6 Å². The van der Waals surface area contributed by atoms with Crippen LogP contribution in [-0.2, 0) is 6.42 Å². The summed E-state index contributed by atoms with van der Waals surface area (Å²) in [7, 11) is 0. The van der Waals surface area contributed by atoms with Gasteiger partial charge in [0, 0.05) is 11.1 Å². The summed E-state index contributed by atoms with van der Waals surface area (Å²) in [5.41, 5.74) is 8.45. The van der Waals surface area contributed by atoms with E-state index in [9.17, 15) is 0 Å². The van der Waals surface area contributed by atoms with Crippen LogP contribution in [0.3, 0.4) is 0 Å². The number of hydrogen-bond acceptors (Lipinski definition) is 1. The molecule has 0 radical (unpaired) electrons. The van der Waals surface area contributed by atoms with Crippen molar-refractivity contribution in [1.82, 2.24) is 0 Å². The summed E-state index contributed by atoms with van der Waals surface area (Å²) in [6.45, 7) is 0. The summed E-state index contributed by atoms with van der Waals surface area (Å²) in [5, 5.41) is 0.793. The highest BCUT2D eigenvalue weighted by Gasteiger charge is 2.18. The third-order valence-corrected chi connectivity index (χ3v) is 2.47. The topological polar surface area (TPSA) is 26.0 Å². The molecule has 58 valence electrons. The summed E-state index contributed by atoms with van der Waals surface area (Å²) >= 11 is 5.83. The SMILES string of the molecule is N[C@@H]1CCc2ccc(Cl)cc21. The van der Waals surface area contributed by atoms with Gasteiger partial charge in [0.1, 0.15) is 0 Å². The van der Waals surface area contributed by atoms with Gasteiger partial charge in [-0.25, -0.2) is 0 Å². The largest absolute Gasteiger partial charge is 0.324 e. The number of hydrogen-bond donors (Lipinski definition) is 1. The number of halogens is 1. The fourth-order valence-electron chi connectivity index (χ4n) is 1.61. The van der Waals surface area contributed by atoms with Crippen LogP contribution < -0.4 is 5.73 Å². The van der Waals surface area contributed by atoms with Gasteiger partial charge < -0.3 is 5.73 Å². The minimum absolute atomic E-state index is 0.212. The van der Waals surface area contributed by atoms with Crippen LogP contribution in [-0.4, -0.2) is 0 Å². The van der Waals surface area contributed by atoms with Crippen molar-refractivity contribution in [3.05, 3.63) is 34.3 Å². The second-order valence-electron chi connectivity index (χ2n) is 2.99. The monoisotopic (exact) mass is 167 g/mol. The van der Waals surface area contributed by atoms with E-state index in [4.69, 9.17) is 17.3 Å². The molecular weight excluding hydrogens is 158 g/mol. The summed E-state index contributed by atoms with van der Waals surface area (Å²) in [6.07, 6.45) is 2.17. The molecule has 1 aromatic rings. The molecule has 0 heterocycles. The molecule has 1 nitrogen and oxygen atoms in total. The Morgan fingerprint density at radius 3 is 3.09 bits per heavy atom. The van der Waals surface area contributed by atoms with Gasteiger partial charge in [-0.2, -0.15) is 0 Å².